The van der Waals surface area contributed by atoms with Crippen molar-refractivity contribution in [1.29, 1.82) is 0 Å². The fourth-order valence-electron chi connectivity index (χ4n) is 2.36. The molecule has 1 aliphatic rings. The lowest BCUT2D eigenvalue weighted by Crippen LogP contribution is -2.42. The van der Waals surface area contributed by atoms with Crippen LogP contribution in [0.4, 0.5) is 5.13 Å². The fraction of sp³-hybridized carbons (Fsp3) is 0.353. The number of aromatic nitrogens is 1. The van der Waals surface area contributed by atoms with Gasteiger partial charge in [0.1, 0.15) is 6.61 Å². The molecule has 0 fully saturated rings. The van der Waals surface area contributed by atoms with Gasteiger partial charge in [-0.2, -0.15) is 5.10 Å². The molecule has 1 aromatic heterocycles. The van der Waals surface area contributed by atoms with E-state index in [1.54, 1.807) is 24.5 Å². The van der Waals surface area contributed by atoms with E-state index in [0.29, 0.717) is 11.5 Å². The zero-order valence-corrected chi connectivity index (χ0v) is 15.0. The van der Waals surface area contributed by atoms with Gasteiger partial charge in [-0.05, 0) is 26.0 Å². The largest absolute Gasteiger partial charge is 0.485 e. The zero-order valence-electron chi connectivity index (χ0n) is 14.1. The number of fused-ring (bicyclic) bond motifs is 1. The maximum atomic E-state index is 12.2. The molecule has 1 N–H and O–H groups in total. The Bertz CT molecular complexity index is 758. The Kier molecular flexibility index (Phi) is 5.49. The van der Waals surface area contributed by atoms with Gasteiger partial charge < -0.3 is 14.4 Å². The van der Waals surface area contributed by atoms with Crippen LogP contribution in [0, 0.1) is 0 Å². The highest BCUT2D eigenvalue weighted by Gasteiger charge is 2.26. The molecule has 8 heteroatoms. The minimum absolute atomic E-state index is 0.158. The predicted molar refractivity (Wildman–Crippen MR) is 97.8 cm³/mol. The minimum Gasteiger partial charge on any atom is -0.485 e. The lowest BCUT2D eigenvalue weighted by molar-refractivity contribution is -0.130. The van der Waals surface area contributed by atoms with E-state index in [-0.39, 0.29) is 12.5 Å². The number of rotatable bonds is 6. The molecule has 0 aliphatic carbocycles. The first-order valence-corrected chi connectivity index (χ1v) is 8.95. The maximum absolute atomic E-state index is 12.2. The standard InChI is InChI=1S/C17H20N4O3S/c1-3-21(4-2)17-18-9-12(25-17)10-19-20-16(22)15-11-23-13-7-5-6-8-14(13)24-15/h5-10,15H,3-4,11H2,1-2H3,(H,20,22)/b19-10-/t15-/m1/s1. The van der Waals surface area contributed by atoms with E-state index < -0.39 is 6.10 Å². The van der Waals surface area contributed by atoms with Gasteiger partial charge in [-0.3, -0.25) is 4.79 Å². The number of amides is 1. The molecular weight excluding hydrogens is 340 g/mol. The fourth-order valence-corrected chi connectivity index (χ4v) is 3.27. The first-order chi connectivity index (χ1) is 12.2. The maximum Gasteiger partial charge on any atom is 0.284 e. The zero-order chi connectivity index (χ0) is 17.6. The molecule has 1 amide bonds. The molecule has 2 heterocycles. The van der Waals surface area contributed by atoms with Crippen LogP contribution in [0.3, 0.4) is 0 Å². The molecule has 0 spiro atoms. The van der Waals surface area contributed by atoms with Crippen LogP contribution in [0.5, 0.6) is 11.5 Å². The lowest BCUT2D eigenvalue weighted by atomic mass is 10.2. The topological polar surface area (TPSA) is 76.1 Å². The van der Waals surface area contributed by atoms with Crippen LogP contribution >= 0.6 is 11.3 Å². The third-order valence-electron chi connectivity index (χ3n) is 3.71. The number of carbonyl (C=O) groups excluding carboxylic acids is 1. The van der Waals surface area contributed by atoms with Crippen LogP contribution in [0.1, 0.15) is 18.7 Å². The number of benzene rings is 1. The second-order valence-electron chi connectivity index (χ2n) is 5.32. The Morgan fingerprint density at radius 2 is 2.16 bits per heavy atom. The number of thiazole rings is 1. The SMILES string of the molecule is CCN(CC)c1ncc(/C=N\NC(=O)[C@H]2COc3ccccc3O2)s1. The van der Waals surface area contributed by atoms with Gasteiger partial charge in [0.25, 0.3) is 5.91 Å². The summed E-state index contributed by atoms with van der Waals surface area (Å²) in [6.45, 7) is 6.13. The normalized spacial score (nSPS) is 16.0. The number of ether oxygens (including phenoxy) is 2. The lowest BCUT2D eigenvalue weighted by Gasteiger charge is -2.24. The molecule has 0 bridgehead atoms. The predicted octanol–water partition coefficient (Wildman–Crippen LogP) is 2.28. The van der Waals surface area contributed by atoms with Crippen molar-refractivity contribution in [3.8, 4) is 11.5 Å². The van der Waals surface area contributed by atoms with E-state index in [4.69, 9.17) is 9.47 Å². The van der Waals surface area contributed by atoms with Crippen molar-refractivity contribution in [2.75, 3.05) is 24.6 Å². The van der Waals surface area contributed by atoms with Gasteiger partial charge >= 0.3 is 0 Å². The highest BCUT2D eigenvalue weighted by Crippen LogP contribution is 2.30. The summed E-state index contributed by atoms with van der Waals surface area (Å²) < 4.78 is 11.2. The summed E-state index contributed by atoms with van der Waals surface area (Å²) in [7, 11) is 0. The third-order valence-corrected chi connectivity index (χ3v) is 4.71. The van der Waals surface area contributed by atoms with Gasteiger partial charge in [-0.1, -0.05) is 23.5 Å². The van der Waals surface area contributed by atoms with Crippen molar-refractivity contribution in [2.45, 2.75) is 20.0 Å². The van der Waals surface area contributed by atoms with E-state index in [0.717, 1.165) is 23.1 Å². The van der Waals surface area contributed by atoms with Crippen LogP contribution < -0.4 is 19.8 Å². The molecule has 0 unspecified atom stereocenters. The highest BCUT2D eigenvalue weighted by molar-refractivity contribution is 7.17. The number of hydrazone groups is 1. The van der Waals surface area contributed by atoms with E-state index in [9.17, 15) is 4.79 Å². The summed E-state index contributed by atoms with van der Waals surface area (Å²) in [5.41, 5.74) is 2.49. The van der Waals surface area contributed by atoms with Crippen LogP contribution in [0.15, 0.2) is 35.6 Å². The molecule has 132 valence electrons. The summed E-state index contributed by atoms with van der Waals surface area (Å²) in [6.07, 6.45) is 2.60. The van der Waals surface area contributed by atoms with Gasteiger partial charge in [-0.15, -0.1) is 0 Å². The molecule has 2 aromatic rings. The summed E-state index contributed by atoms with van der Waals surface area (Å²) in [5.74, 6) is 0.854. The van der Waals surface area contributed by atoms with Gasteiger partial charge in [0.05, 0.1) is 11.1 Å². The van der Waals surface area contributed by atoms with Crippen molar-refractivity contribution >= 4 is 28.6 Å². The van der Waals surface area contributed by atoms with E-state index in [2.05, 4.69) is 34.3 Å². The van der Waals surface area contributed by atoms with Crippen molar-refractivity contribution in [2.24, 2.45) is 5.10 Å². The second kappa shape index (κ2) is 7.98. The summed E-state index contributed by atoms with van der Waals surface area (Å²) in [4.78, 5) is 19.5. The Balaban J connectivity index is 1.55. The third kappa shape index (κ3) is 4.08. The van der Waals surface area contributed by atoms with Crippen molar-refractivity contribution < 1.29 is 14.3 Å². The van der Waals surface area contributed by atoms with Crippen molar-refractivity contribution in [3.63, 3.8) is 0 Å². The summed E-state index contributed by atoms with van der Waals surface area (Å²) >= 11 is 1.53. The molecule has 0 radical (unpaired) electrons. The molecular formula is C17H20N4O3S. The molecule has 1 aromatic carbocycles. The monoisotopic (exact) mass is 360 g/mol. The van der Waals surface area contributed by atoms with Gasteiger partial charge in [0, 0.05) is 19.3 Å². The molecule has 3 rings (SSSR count). The Hall–Kier alpha value is -2.61. The molecule has 1 atom stereocenters. The second-order valence-corrected chi connectivity index (χ2v) is 6.36. The Labute approximate surface area is 150 Å². The minimum atomic E-state index is -0.722. The molecule has 0 saturated heterocycles. The van der Waals surface area contributed by atoms with Crippen molar-refractivity contribution in [1.82, 2.24) is 10.4 Å². The van der Waals surface area contributed by atoms with Crippen molar-refractivity contribution in [3.05, 3.63) is 35.3 Å². The van der Waals surface area contributed by atoms with E-state index in [1.807, 2.05) is 12.1 Å². The average Bonchev–Trinajstić information content (AvgIpc) is 3.11. The summed E-state index contributed by atoms with van der Waals surface area (Å²) in [6, 6.07) is 7.26. The highest BCUT2D eigenvalue weighted by atomic mass is 32.1. The number of nitrogens with zero attached hydrogens (tertiary/aromatic N) is 3. The van der Waals surface area contributed by atoms with Gasteiger partial charge in [0.15, 0.2) is 16.6 Å². The number of hydrogen-bond acceptors (Lipinski definition) is 7. The Morgan fingerprint density at radius 1 is 1.40 bits per heavy atom. The number of nitrogens with one attached hydrogen (secondary N) is 1. The van der Waals surface area contributed by atoms with E-state index >= 15 is 0 Å². The molecule has 25 heavy (non-hydrogen) atoms. The van der Waals surface area contributed by atoms with Crippen LogP contribution in [0.2, 0.25) is 0 Å². The summed E-state index contributed by atoms with van der Waals surface area (Å²) in [5, 5.41) is 4.93. The van der Waals surface area contributed by atoms with Gasteiger partial charge in [0.2, 0.25) is 6.10 Å². The van der Waals surface area contributed by atoms with Crippen LogP contribution in [-0.2, 0) is 4.79 Å². The number of anilines is 1. The molecule has 7 nitrogen and oxygen atoms in total. The number of para-hydroxylation sites is 2. The quantitative estimate of drug-likeness (QED) is 0.632. The first kappa shape index (κ1) is 17.2. The van der Waals surface area contributed by atoms with Crippen LogP contribution in [-0.4, -0.2) is 42.9 Å². The number of carbonyl (C=O) groups is 1. The molecule has 1 aliphatic heterocycles. The van der Waals surface area contributed by atoms with Gasteiger partial charge in [-0.25, -0.2) is 10.4 Å². The Morgan fingerprint density at radius 3 is 2.92 bits per heavy atom. The average molecular weight is 360 g/mol. The van der Waals surface area contributed by atoms with Crippen LogP contribution in [0.25, 0.3) is 0 Å². The first-order valence-electron chi connectivity index (χ1n) is 8.13. The molecule has 0 saturated carbocycles. The smallest absolute Gasteiger partial charge is 0.284 e. The number of hydrogen-bond donors (Lipinski definition) is 1. The van der Waals surface area contributed by atoms with E-state index in [1.165, 1.54) is 11.3 Å².